The Morgan fingerprint density at radius 1 is 1.08 bits per heavy atom. The monoisotopic (exact) mass is 373 g/mol. The van der Waals surface area contributed by atoms with Crippen molar-refractivity contribution in [3.63, 3.8) is 0 Å². The molecule has 6 nitrogen and oxygen atoms in total. The summed E-state index contributed by atoms with van der Waals surface area (Å²) in [6.45, 7) is 3.11. The number of hydrogen-bond acceptors (Lipinski definition) is 5. The number of benzene rings is 1. The number of esters is 1. The number of carbonyl (C=O) groups excluding carboxylic acids is 1. The third-order valence-electron chi connectivity index (χ3n) is 4.19. The first-order valence-electron chi connectivity index (χ1n) is 8.33. The molecule has 1 aromatic heterocycles. The fourth-order valence-corrected chi connectivity index (χ4v) is 2.73. The van der Waals surface area contributed by atoms with Gasteiger partial charge in [0.05, 0.1) is 11.8 Å². The maximum atomic E-state index is 12.5. The summed E-state index contributed by atoms with van der Waals surface area (Å²) in [7, 11) is 2.04. The molecule has 0 N–H and O–H groups in total. The van der Waals surface area contributed by atoms with Gasteiger partial charge < -0.3 is 14.5 Å². The van der Waals surface area contributed by atoms with Crippen LogP contribution in [0.3, 0.4) is 0 Å². The normalized spacial score (nSPS) is 15.8. The molecule has 0 aliphatic carbocycles. The van der Waals surface area contributed by atoms with E-state index in [1.807, 2.05) is 11.9 Å². The zero-order chi connectivity index (χ0) is 18.5. The maximum Gasteiger partial charge on any atom is 0.344 e. The van der Waals surface area contributed by atoms with Crippen molar-refractivity contribution in [2.45, 2.75) is 0 Å². The summed E-state index contributed by atoms with van der Waals surface area (Å²) in [5.41, 5.74) is 0.205. The van der Waals surface area contributed by atoms with Gasteiger partial charge in [-0.2, -0.15) is 0 Å². The van der Waals surface area contributed by atoms with Crippen LogP contribution in [0.5, 0.6) is 0 Å². The van der Waals surface area contributed by atoms with Crippen LogP contribution in [0.1, 0.15) is 10.4 Å². The second kappa shape index (κ2) is 8.21. The highest BCUT2D eigenvalue weighted by atomic mass is 35.5. The van der Waals surface area contributed by atoms with Gasteiger partial charge in [0.25, 0.3) is 5.56 Å². The van der Waals surface area contributed by atoms with Crippen molar-refractivity contribution in [3.8, 4) is 0 Å². The van der Waals surface area contributed by atoms with E-state index in [2.05, 4.69) is 4.90 Å². The van der Waals surface area contributed by atoms with Crippen molar-refractivity contribution < 1.29 is 9.53 Å². The Labute approximate surface area is 156 Å². The van der Waals surface area contributed by atoms with E-state index in [-0.39, 0.29) is 5.56 Å². The molecule has 1 saturated heterocycles. The molecule has 3 rings (SSSR count). The SMILES string of the molecule is CN1CCN(C(=Cn2ccccc2=O)OC(=O)c2ccc(Cl)cc2)CC1. The summed E-state index contributed by atoms with van der Waals surface area (Å²) in [5.74, 6) is -0.137. The largest absolute Gasteiger partial charge is 0.404 e. The lowest BCUT2D eigenvalue weighted by molar-refractivity contribution is 0.0445. The number of hydrogen-bond donors (Lipinski definition) is 0. The lowest BCUT2D eigenvalue weighted by Gasteiger charge is -2.34. The molecule has 1 aromatic carbocycles. The second-order valence-corrected chi connectivity index (χ2v) is 6.54. The Morgan fingerprint density at radius 3 is 2.42 bits per heavy atom. The second-order valence-electron chi connectivity index (χ2n) is 6.10. The Kier molecular flexibility index (Phi) is 5.75. The van der Waals surface area contributed by atoms with Crippen LogP contribution in [0.25, 0.3) is 6.20 Å². The van der Waals surface area contributed by atoms with Crippen LogP contribution in [0.2, 0.25) is 5.02 Å². The Hall–Kier alpha value is -2.57. The quantitative estimate of drug-likeness (QED) is 0.608. The molecule has 1 aliphatic rings. The van der Waals surface area contributed by atoms with Gasteiger partial charge in [0.2, 0.25) is 5.88 Å². The third kappa shape index (κ3) is 4.53. The van der Waals surface area contributed by atoms with Crippen LogP contribution in [-0.4, -0.2) is 53.6 Å². The van der Waals surface area contributed by atoms with Crippen molar-refractivity contribution in [2.24, 2.45) is 0 Å². The first-order valence-corrected chi connectivity index (χ1v) is 8.71. The van der Waals surface area contributed by atoms with Crippen LogP contribution in [0.4, 0.5) is 0 Å². The van der Waals surface area contributed by atoms with Crippen molar-refractivity contribution >= 4 is 23.8 Å². The average Bonchev–Trinajstić information content (AvgIpc) is 2.64. The molecule has 1 fully saturated rings. The molecule has 0 bridgehead atoms. The van der Waals surface area contributed by atoms with E-state index in [1.165, 1.54) is 10.6 Å². The van der Waals surface area contributed by atoms with E-state index >= 15 is 0 Å². The van der Waals surface area contributed by atoms with Gasteiger partial charge in [0, 0.05) is 43.5 Å². The zero-order valence-electron chi connectivity index (χ0n) is 14.5. The zero-order valence-corrected chi connectivity index (χ0v) is 15.2. The maximum absolute atomic E-state index is 12.5. The van der Waals surface area contributed by atoms with Crippen LogP contribution in [-0.2, 0) is 4.74 Å². The molecule has 2 aromatic rings. The summed E-state index contributed by atoms with van der Waals surface area (Å²) in [4.78, 5) is 28.7. The highest BCUT2D eigenvalue weighted by Gasteiger charge is 2.21. The molecule has 136 valence electrons. The standard InChI is InChI=1S/C19H20ClN3O3/c1-21-10-12-22(13-11-21)18(14-23-9-3-2-4-17(23)24)26-19(25)15-5-7-16(20)8-6-15/h2-9,14H,10-13H2,1H3. The number of piperazine rings is 1. The van der Waals surface area contributed by atoms with Crippen molar-refractivity contribution in [2.75, 3.05) is 33.2 Å². The van der Waals surface area contributed by atoms with E-state index in [1.54, 1.807) is 48.8 Å². The number of nitrogens with zero attached hydrogens (tertiary/aromatic N) is 3. The van der Waals surface area contributed by atoms with Crippen LogP contribution in [0.15, 0.2) is 59.3 Å². The fourth-order valence-electron chi connectivity index (χ4n) is 2.60. The van der Waals surface area contributed by atoms with Gasteiger partial charge in [0.1, 0.15) is 0 Å². The Bertz CT molecular complexity index is 853. The number of halogens is 1. The number of aromatic nitrogens is 1. The van der Waals surface area contributed by atoms with Gasteiger partial charge in [0.15, 0.2) is 0 Å². The minimum atomic E-state index is -0.490. The molecule has 1 aliphatic heterocycles. The molecule has 0 unspecified atom stereocenters. The Balaban J connectivity index is 1.87. The van der Waals surface area contributed by atoms with Crippen LogP contribution < -0.4 is 5.56 Å². The van der Waals surface area contributed by atoms with Gasteiger partial charge in [-0.05, 0) is 37.4 Å². The smallest absolute Gasteiger partial charge is 0.344 e. The molecule has 0 spiro atoms. The minimum Gasteiger partial charge on any atom is -0.404 e. The average molecular weight is 374 g/mol. The third-order valence-corrected chi connectivity index (χ3v) is 4.44. The number of carbonyl (C=O) groups is 1. The first kappa shape index (κ1) is 18.2. The van der Waals surface area contributed by atoms with Crippen molar-refractivity contribution in [1.29, 1.82) is 0 Å². The highest BCUT2D eigenvalue weighted by molar-refractivity contribution is 6.30. The van der Waals surface area contributed by atoms with Gasteiger partial charge >= 0.3 is 5.97 Å². The number of ether oxygens (including phenoxy) is 1. The van der Waals surface area contributed by atoms with E-state index in [0.29, 0.717) is 29.6 Å². The number of pyridine rings is 1. The lowest BCUT2D eigenvalue weighted by Crippen LogP contribution is -2.44. The molecule has 0 radical (unpaired) electrons. The van der Waals surface area contributed by atoms with Gasteiger partial charge in [-0.25, -0.2) is 4.79 Å². The summed E-state index contributed by atoms with van der Waals surface area (Å²) >= 11 is 5.87. The first-order chi connectivity index (χ1) is 12.5. The number of rotatable bonds is 4. The van der Waals surface area contributed by atoms with Gasteiger partial charge in [-0.15, -0.1) is 0 Å². The summed E-state index contributed by atoms with van der Waals surface area (Å²) in [6.07, 6.45) is 3.19. The van der Waals surface area contributed by atoms with Crippen LogP contribution in [0, 0.1) is 0 Å². The molecular formula is C19H20ClN3O3. The van der Waals surface area contributed by atoms with Gasteiger partial charge in [-0.3, -0.25) is 9.36 Å². The summed E-state index contributed by atoms with van der Waals surface area (Å²) in [6, 6.07) is 11.4. The van der Waals surface area contributed by atoms with Crippen LogP contribution >= 0.6 is 11.6 Å². The Morgan fingerprint density at radius 2 is 1.77 bits per heavy atom. The van der Waals surface area contributed by atoms with Gasteiger partial charge in [-0.1, -0.05) is 17.7 Å². The summed E-state index contributed by atoms with van der Waals surface area (Å²) < 4.78 is 7.04. The molecule has 0 atom stereocenters. The van der Waals surface area contributed by atoms with E-state index in [4.69, 9.17) is 16.3 Å². The molecule has 0 saturated carbocycles. The molecule has 7 heteroatoms. The topological polar surface area (TPSA) is 54.8 Å². The minimum absolute atomic E-state index is 0.193. The highest BCUT2D eigenvalue weighted by Crippen LogP contribution is 2.16. The number of likely N-dealkylation sites (N-methyl/N-ethyl adjacent to an activating group) is 1. The van der Waals surface area contributed by atoms with E-state index < -0.39 is 5.97 Å². The van der Waals surface area contributed by atoms with E-state index in [0.717, 1.165) is 13.1 Å². The molecule has 2 heterocycles. The lowest BCUT2D eigenvalue weighted by atomic mass is 10.2. The predicted octanol–water partition coefficient (Wildman–Crippen LogP) is 2.36. The fraction of sp³-hybridized carbons (Fsp3) is 0.263. The summed E-state index contributed by atoms with van der Waals surface area (Å²) in [5, 5.41) is 0.548. The molecule has 0 amide bonds. The molecular weight excluding hydrogens is 354 g/mol. The molecule has 26 heavy (non-hydrogen) atoms. The predicted molar refractivity (Wildman–Crippen MR) is 101 cm³/mol. The van der Waals surface area contributed by atoms with E-state index in [9.17, 15) is 9.59 Å². The van der Waals surface area contributed by atoms with Crippen molar-refractivity contribution in [1.82, 2.24) is 14.4 Å². The van der Waals surface area contributed by atoms with Crippen molar-refractivity contribution in [3.05, 3.63) is 75.5 Å².